The smallest absolute Gasteiger partial charge is 0.0614 e. The third-order valence-electron chi connectivity index (χ3n) is 4.22. The molecule has 0 heterocycles. The lowest BCUT2D eigenvalue weighted by atomic mass is 9.87. The van der Waals surface area contributed by atoms with Crippen molar-refractivity contribution in [2.24, 2.45) is 0 Å². The van der Waals surface area contributed by atoms with Gasteiger partial charge in [0.05, 0.1) is 6.10 Å². The summed E-state index contributed by atoms with van der Waals surface area (Å²) in [4.78, 5) is 0. The summed E-state index contributed by atoms with van der Waals surface area (Å²) >= 11 is 0. The molecule has 1 aliphatic carbocycles. The number of hydrogen-bond donors (Lipinski definition) is 1. The van der Waals surface area contributed by atoms with Crippen LogP contribution in [0, 0.1) is 0 Å². The minimum absolute atomic E-state index is 0.468. The van der Waals surface area contributed by atoms with E-state index in [9.17, 15) is 0 Å². The largest absolute Gasteiger partial charge is 0.382 e. The molecule has 1 N–H and O–H groups in total. The van der Waals surface area contributed by atoms with Gasteiger partial charge in [-0.2, -0.15) is 0 Å². The Morgan fingerprint density at radius 1 is 1.15 bits per heavy atom. The fourth-order valence-electron chi connectivity index (χ4n) is 2.82. The van der Waals surface area contributed by atoms with Crippen LogP contribution in [-0.4, -0.2) is 18.8 Å². The highest BCUT2D eigenvalue weighted by molar-refractivity contribution is 5.55. The topological polar surface area (TPSA) is 21.3 Å². The molecule has 2 heteroatoms. The van der Waals surface area contributed by atoms with Crippen molar-refractivity contribution >= 4 is 5.69 Å². The maximum atomic E-state index is 5.63. The molecule has 0 radical (unpaired) electrons. The number of rotatable bonds is 6. The minimum Gasteiger partial charge on any atom is -0.382 e. The summed E-state index contributed by atoms with van der Waals surface area (Å²) in [5.74, 6) is 1.14. The minimum atomic E-state index is 0.468. The average molecular weight is 275 g/mol. The van der Waals surface area contributed by atoms with Crippen molar-refractivity contribution in [2.75, 3.05) is 11.9 Å². The molecule has 1 saturated carbocycles. The van der Waals surface area contributed by atoms with Gasteiger partial charge in [0.2, 0.25) is 0 Å². The maximum absolute atomic E-state index is 5.63. The monoisotopic (exact) mass is 275 g/mol. The fraction of sp³-hybridized carbons (Fsp3) is 0.667. The van der Waals surface area contributed by atoms with E-state index in [4.69, 9.17) is 4.74 Å². The van der Waals surface area contributed by atoms with E-state index in [0.29, 0.717) is 24.0 Å². The van der Waals surface area contributed by atoms with Crippen LogP contribution < -0.4 is 5.32 Å². The number of hydrogen-bond acceptors (Lipinski definition) is 2. The van der Waals surface area contributed by atoms with Crippen LogP contribution in [0.5, 0.6) is 0 Å². The predicted octanol–water partition coefficient (Wildman–Crippen LogP) is 4.91. The van der Waals surface area contributed by atoms with E-state index in [1.165, 1.54) is 16.8 Å². The van der Waals surface area contributed by atoms with Gasteiger partial charge in [0.25, 0.3) is 0 Å². The van der Waals surface area contributed by atoms with Crippen LogP contribution in [0.4, 0.5) is 5.69 Å². The Morgan fingerprint density at radius 2 is 1.85 bits per heavy atom. The van der Waals surface area contributed by atoms with Crippen LogP contribution >= 0.6 is 0 Å². The summed E-state index contributed by atoms with van der Waals surface area (Å²) in [7, 11) is 0. The second kappa shape index (κ2) is 6.62. The second-order valence-electron chi connectivity index (χ2n) is 6.55. The molecule has 0 unspecified atom stereocenters. The fourth-order valence-corrected chi connectivity index (χ4v) is 2.82. The third kappa shape index (κ3) is 3.54. The normalized spacial score (nSPS) is 22.1. The van der Waals surface area contributed by atoms with Crippen molar-refractivity contribution in [3.63, 3.8) is 0 Å². The lowest BCUT2D eigenvalue weighted by Gasteiger charge is -2.36. The quantitative estimate of drug-likeness (QED) is 0.796. The van der Waals surface area contributed by atoms with Crippen LogP contribution in [0.1, 0.15) is 70.4 Å². The van der Waals surface area contributed by atoms with Gasteiger partial charge in [-0.1, -0.05) is 39.8 Å². The van der Waals surface area contributed by atoms with Crippen LogP contribution in [0.15, 0.2) is 18.2 Å². The van der Waals surface area contributed by atoms with Crippen molar-refractivity contribution in [1.82, 2.24) is 0 Å². The van der Waals surface area contributed by atoms with Crippen LogP contribution in [-0.2, 0) is 4.74 Å². The summed E-state index contributed by atoms with van der Waals surface area (Å²) in [5, 5.41) is 3.70. The molecule has 2 nitrogen and oxygen atoms in total. The molecular formula is C18H29NO. The molecular weight excluding hydrogens is 246 g/mol. The average Bonchev–Trinajstić information content (AvgIpc) is 2.36. The Bertz CT molecular complexity index is 433. The zero-order valence-electron chi connectivity index (χ0n) is 13.6. The molecule has 0 spiro atoms. The van der Waals surface area contributed by atoms with Gasteiger partial charge >= 0.3 is 0 Å². The van der Waals surface area contributed by atoms with Crippen LogP contribution in [0.2, 0.25) is 0 Å². The second-order valence-corrected chi connectivity index (χ2v) is 6.55. The molecule has 112 valence electrons. The van der Waals surface area contributed by atoms with Gasteiger partial charge < -0.3 is 10.1 Å². The predicted molar refractivity (Wildman–Crippen MR) is 86.7 cm³/mol. The molecule has 1 aromatic carbocycles. The molecule has 0 aliphatic heterocycles. The van der Waals surface area contributed by atoms with Gasteiger partial charge in [0, 0.05) is 18.3 Å². The maximum Gasteiger partial charge on any atom is 0.0614 e. The molecule has 2 rings (SSSR count). The van der Waals surface area contributed by atoms with E-state index in [1.807, 2.05) is 0 Å². The standard InChI is InChI=1S/C18H29NO/c1-6-20-16-10-15(11-16)19-18-8-7-14(12(2)3)9-17(18)13(4)5/h7-9,12-13,15-16,19H,6,10-11H2,1-5H3. The number of benzene rings is 1. The van der Waals surface area contributed by atoms with Gasteiger partial charge in [-0.05, 0) is 48.8 Å². The first kappa shape index (κ1) is 15.4. The Kier molecular flexibility index (Phi) is 5.09. The van der Waals surface area contributed by atoms with Crippen molar-refractivity contribution < 1.29 is 4.74 Å². The van der Waals surface area contributed by atoms with Gasteiger partial charge in [0.15, 0.2) is 0 Å². The van der Waals surface area contributed by atoms with Gasteiger partial charge in [-0.25, -0.2) is 0 Å². The number of nitrogens with one attached hydrogen (secondary N) is 1. The zero-order valence-corrected chi connectivity index (χ0v) is 13.6. The Labute approximate surface area is 123 Å². The van der Waals surface area contributed by atoms with Gasteiger partial charge in [0.1, 0.15) is 0 Å². The Hall–Kier alpha value is -1.02. The highest BCUT2D eigenvalue weighted by Gasteiger charge is 2.29. The van der Waals surface area contributed by atoms with E-state index in [2.05, 4.69) is 58.1 Å². The lowest BCUT2D eigenvalue weighted by Crippen LogP contribution is -2.41. The van der Waals surface area contributed by atoms with Crippen LogP contribution in [0.25, 0.3) is 0 Å². The van der Waals surface area contributed by atoms with Gasteiger partial charge in [-0.3, -0.25) is 0 Å². The van der Waals surface area contributed by atoms with E-state index >= 15 is 0 Å². The first-order chi connectivity index (χ1) is 9.51. The van der Waals surface area contributed by atoms with Crippen molar-refractivity contribution in [1.29, 1.82) is 0 Å². The summed E-state index contributed by atoms with van der Waals surface area (Å²) in [6.07, 6.45) is 2.74. The third-order valence-corrected chi connectivity index (χ3v) is 4.22. The molecule has 0 saturated heterocycles. The highest BCUT2D eigenvalue weighted by Crippen LogP contribution is 2.32. The van der Waals surface area contributed by atoms with E-state index < -0.39 is 0 Å². The summed E-state index contributed by atoms with van der Waals surface area (Å²) in [6, 6.07) is 7.47. The molecule has 1 fully saturated rings. The van der Waals surface area contributed by atoms with Gasteiger partial charge in [-0.15, -0.1) is 0 Å². The van der Waals surface area contributed by atoms with E-state index in [0.717, 1.165) is 19.4 Å². The SMILES string of the molecule is CCOC1CC(Nc2ccc(C(C)C)cc2C(C)C)C1. The molecule has 0 amide bonds. The van der Waals surface area contributed by atoms with E-state index in [-0.39, 0.29) is 0 Å². The molecule has 1 aromatic rings. The number of ether oxygens (including phenoxy) is 1. The first-order valence-corrected chi connectivity index (χ1v) is 8.03. The van der Waals surface area contributed by atoms with Crippen molar-refractivity contribution in [2.45, 2.75) is 71.4 Å². The summed E-state index contributed by atoms with van der Waals surface area (Å²) < 4.78 is 5.63. The van der Waals surface area contributed by atoms with Crippen LogP contribution in [0.3, 0.4) is 0 Å². The highest BCUT2D eigenvalue weighted by atomic mass is 16.5. The lowest BCUT2D eigenvalue weighted by molar-refractivity contribution is 0.00297. The number of anilines is 1. The Balaban J connectivity index is 2.04. The molecule has 0 atom stereocenters. The Morgan fingerprint density at radius 3 is 2.40 bits per heavy atom. The first-order valence-electron chi connectivity index (χ1n) is 8.03. The van der Waals surface area contributed by atoms with Crippen molar-refractivity contribution in [3.8, 4) is 0 Å². The molecule has 0 bridgehead atoms. The molecule has 20 heavy (non-hydrogen) atoms. The zero-order chi connectivity index (χ0) is 14.7. The van der Waals surface area contributed by atoms with E-state index in [1.54, 1.807) is 0 Å². The molecule has 1 aliphatic rings. The molecule has 0 aromatic heterocycles. The summed E-state index contributed by atoms with van der Waals surface area (Å²) in [5.41, 5.74) is 4.18. The van der Waals surface area contributed by atoms with Crippen molar-refractivity contribution in [3.05, 3.63) is 29.3 Å². The summed E-state index contributed by atoms with van der Waals surface area (Å²) in [6.45, 7) is 12.0.